The fourth-order valence-electron chi connectivity index (χ4n) is 3.26. The molecule has 5 heteroatoms. The summed E-state index contributed by atoms with van der Waals surface area (Å²) < 4.78 is 0. The van der Waals surface area contributed by atoms with Crippen molar-refractivity contribution in [2.24, 2.45) is 5.92 Å². The Kier molecular flexibility index (Phi) is 5.28. The topological polar surface area (TPSA) is 61.4 Å². The molecule has 0 radical (unpaired) electrons. The molecule has 2 aliphatic rings. The van der Waals surface area contributed by atoms with E-state index in [0.717, 1.165) is 56.6 Å². The van der Waals surface area contributed by atoms with Gasteiger partial charge in [0.1, 0.15) is 0 Å². The Morgan fingerprint density at radius 1 is 1.13 bits per heavy atom. The van der Waals surface area contributed by atoms with E-state index in [9.17, 15) is 9.59 Å². The van der Waals surface area contributed by atoms with Gasteiger partial charge < -0.3 is 15.5 Å². The van der Waals surface area contributed by atoms with Crippen molar-refractivity contribution in [2.75, 3.05) is 26.2 Å². The fraction of sp³-hybridized carbons (Fsp3) is 0.556. The van der Waals surface area contributed by atoms with Gasteiger partial charge in [-0.15, -0.1) is 0 Å². The molecular weight excluding hydrogens is 290 g/mol. The van der Waals surface area contributed by atoms with E-state index in [1.54, 1.807) is 0 Å². The van der Waals surface area contributed by atoms with Crippen molar-refractivity contribution >= 4 is 11.8 Å². The van der Waals surface area contributed by atoms with Crippen LogP contribution in [-0.2, 0) is 11.3 Å². The second kappa shape index (κ2) is 7.59. The first-order valence-corrected chi connectivity index (χ1v) is 8.61. The van der Waals surface area contributed by atoms with Crippen molar-refractivity contribution in [1.82, 2.24) is 15.5 Å². The minimum atomic E-state index is 0.0925. The Balaban J connectivity index is 1.52. The van der Waals surface area contributed by atoms with E-state index < -0.39 is 0 Å². The number of piperidine rings is 1. The van der Waals surface area contributed by atoms with E-state index >= 15 is 0 Å². The lowest BCUT2D eigenvalue weighted by Gasteiger charge is -2.26. The Morgan fingerprint density at radius 3 is 2.52 bits per heavy atom. The maximum absolute atomic E-state index is 12.4. The lowest BCUT2D eigenvalue weighted by Crippen LogP contribution is -2.35. The van der Waals surface area contributed by atoms with Gasteiger partial charge in [-0.25, -0.2) is 0 Å². The molecule has 1 atom stereocenters. The monoisotopic (exact) mass is 315 g/mol. The van der Waals surface area contributed by atoms with Crippen LogP contribution in [0.2, 0.25) is 0 Å². The van der Waals surface area contributed by atoms with Crippen molar-refractivity contribution in [1.29, 1.82) is 0 Å². The van der Waals surface area contributed by atoms with Gasteiger partial charge in [0, 0.05) is 31.7 Å². The van der Waals surface area contributed by atoms with Crippen LogP contribution in [0, 0.1) is 5.92 Å². The van der Waals surface area contributed by atoms with E-state index in [2.05, 4.69) is 10.6 Å². The Hall–Kier alpha value is -1.88. The molecular formula is C18H25N3O2. The van der Waals surface area contributed by atoms with Gasteiger partial charge in [0.2, 0.25) is 5.91 Å². The van der Waals surface area contributed by atoms with Crippen LogP contribution in [0.25, 0.3) is 0 Å². The number of nitrogens with zero attached hydrogens (tertiary/aromatic N) is 1. The molecule has 0 aliphatic carbocycles. The molecule has 2 fully saturated rings. The number of amides is 2. The summed E-state index contributed by atoms with van der Waals surface area (Å²) in [5, 5.41) is 6.18. The third kappa shape index (κ3) is 4.10. The molecule has 0 spiro atoms. The largest absolute Gasteiger partial charge is 0.352 e. The summed E-state index contributed by atoms with van der Waals surface area (Å²) in [6, 6.07) is 7.61. The summed E-state index contributed by atoms with van der Waals surface area (Å²) in [4.78, 5) is 26.3. The SMILES string of the molecule is O=C(NCc1ccc(C(=O)N2CCCCC2)cc1)C1CCNC1. The predicted molar refractivity (Wildman–Crippen MR) is 89.0 cm³/mol. The fourth-order valence-corrected chi connectivity index (χ4v) is 3.26. The van der Waals surface area contributed by atoms with Gasteiger partial charge in [-0.05, 0) is 49.9 Å². The van der Waals surface area contributed by atoms with Crippen LogP contribution in [0.5, 0.6) is 0 Å². The van der Waals surface area contributed by atoms with Gasteiger partial charge in [-0.3, -0.25) is 9.59 Å². The molecule has 2 aliphatic heterocycles. The molecule has 2 saturated heterocycles. The van der Waals surface area contributed by atoms with Gasteiger partial charge in [0.25, 0.3) is 5.91 Å². The van der Waals surface area contributed by atoms with Crippen LogP contribution in [0.4, 0.5) is 0 Å². The second-order valence-corrected chi connectivity index (χ2v) is 6.46. The number of benzene rings is 1. The number of nitrogens with one attached hydrogen (secondary N) is 2. The zero-order chi connectivity index (χ0) is 16.1. The summed E-state index contributed by atoms with van der Waals surface area (Å²) >= 11 is 0. The van der Waals surface area contributed by atoms with E-state index in [-0.39, 0.29) is 17.7 Å². The molecule has 23 heavy (non-hydrogen) atoms. The zero-order valence-electron chi connectivity index (χ0n) is 13.5. The first kappa shape index (κ1) is 16.0. The maximum atomic E-state index is 12.4. The number of hydrogen-bond acceptors (Lipinski definition) is 3. The van der Waals surface area contributed by atoms with E-state index in [1.165, 1.54) is 6.42 Å². The molecule has 0 bridgehead atoms. The van der Waals surface area contributed by atoms with Crippen LogP contribution in [0.3, 0.4) is 0 Å². The van der Waals surface area contributed by atoms with Crippen molar-refractivity contribution < 1.29 is 9.59 Å². The molecule has 3 rings (SSSR count). The molecule has 5 nitrogen and oxygen atoms in total. The maximum Gasteiger partial charge on any atom is 0.253 e. The van der Waals surface area contributed by atoms with Crippen molar-refractivity contribution in [3.05, 3.63) is 35.4 Å². The summed E-state index contributed by atoms with van der Waals surface area (Å²) in [7, 11) is 0. The zero-order valence-corrected chi connectivity index (χ0v) is 13.5. The first-order chi connectivity index (χ1) is 11.2. The average Bonchev–Trinajstić information content (AvgIpc) is 3.15. The lowest BCUT2D eigenvalue weighted by molar-refractivity contribution is -0.124. The van der Waals surface area contributed by atoms with Gasteiger partial charge >= 0.3 is 0 Å². The van der Waals surface area contributed by atoms with Crippen LogP contribution in [-0.4, -0.2) is 42.9 Å². The molecule has 1 aromatic carbocycles. The summed E-state index contributed by atoms with van der Waals surface area (Å²) in [6.45, 7) is 3.95. The van der Waals surface area contributed by atoms with Crippen LogP contribution in [0.1, 0.15) is 41.6 Å². The minimum Gasteiger partial charge on any atom is -0.352 e. The summed E-state index contributed by atoms with van der Waals surface area (Å²) in [5.74, 6) is 0.329. The Labute approximate surface area is 137 Å². The number of hydrogen-bond donors (Lipinski definition) is 2. The quantitative estimate of drug-likeness (QED) is 0.886. The number of likely N-dealkylation sites (tertiary alicyclic amines) is 1. The van der Waals surface area contributed by atoms with Gasteiger partial charge in [0.05, 0.1) is 5.92 Å². The lowest BCUT2D eigenvalue weighted by atomic mass is 10.1. The van der Waals surface area contributed by atoms with E-state index in [0.29, 0.717) is 6.54 Å². The highest BCUT2D eigenvalue weighted by Crippen LogP contribution is 2.14. The summed E-state index contributed by atoms with van der Waals surface area (Å²) in [6.07, 6.45) is 4.34. The molecule has 1 aromatic rings. The third-order valence-corrected chi connectivity index (χ3v) is 4.74. The highest BCUT2D eigenvalue weighted by molar-refractivity contribution is 5.94. The Morgan fingerprint density at radius 2 is 1.87 bits per heavy atom. The van der Waals surface area contributed by atoms with Crippen LogP contribution >= 0.6 is 0 Å². The normalized spacial score (nSPS) is 21.2. The van der Waals surface area contributed by atoms with Gasteiger partial charge in [0.15, 0.2) is 0 Å². The molecule has 0 saturated carbocycles. The number of carbonyl (C=O) groups is 2. The average molecular weight is 315 g/mol. The third-order valence-electron chi connectivity index (χ3n) is 4.74. The minimum absolute atomic E-state index is 0.0925. The highest BCUT2D eigenvalue weighted by atomic mass is 16.2. The van der Waals surface area contributed by atoms with Crippen molar-refractivity contribution in [3.8, 4) is 0 Å². The van der Waals surface area contributed by atoms with Gasteiger partial charge in [-0.1, -0.05) is 12.1 Å². The molecule has 2 heterocycles. The smallest absolute Gasteiger partial charge is 0.253 e. The molecule has 1 unspecified atom stereocenters. The Bertz CT molecular complexity index is 544. The number of carbonyl (C=O) groups excluding carboxylic acids is 2. The van der Waals surface area contributed by atoms with Crippen molar-refractivity contribution in [3.63, 3.8) is 0 Å². The highest BCUT2D eigenvalue weighted by Gasteiger charge is 2.22. The van der Waals surface area contributed by atoms with E-state index in [1.807, 2.05) is 29.2 Å². The molecule has 2 amide bonds. The standard InChI is InChI=1S/C18H25N3O2/c22-17(16-8-9-19-13-16)20-12-14-4-6-15(7-5-14)18(23)21-10-2-1-3-11-21/h4-7,16,19H,1-3,8-13H2,(H,20,22). The molecule has 124 valence electrons. The first-order valence-electron chi connectivity index (χ1n) is 8.61. The number of rotatable bonds is 4. The van der Waals surface area contributed by atoms with E-state index in [4.69, 9.17) is 0 Å². The summed E-state index contributed by atoms with van der Waals surface area (Å²) in [5.41, 5.74) is 1.77. The van der Waals surface area contributed by atoms with Gasteiger partial charge in [-0.2, -0.15) is 0 Å². The van der Waals surface area contributed by atoms with Crippen molar-refractivity contribution in [2.45, 2.75) is 32.2 Å². The second-order valence-electron chi connectivity index (χ2n) is 6.46. The molecule has 0 aromatic heterocycles. The van der Waals surface area contributed by atoms with Crippen LogP contribution < -0.4 is 10.6 Å². The predicted octanol–water partition coefficient (Wildman–Crippen LogP) is 1.54. The molecule has 2 N–H and O–H groups in total. The van der Waals surface area contributed by atoms with Crippen LogP contribution in [0.15, 0.2) is 24.3 Å².